The molecule has 0 aliphatic carbocycles. The average molecular weight is 154 g/mol. The summed E-state index contributed by atoms with van der Waals surface area (Å²) in [7, 11) is 1.35. The molecule has 1 heterocycles. The van der Waals surface area contributed by atoms with Crippen LogP contribution in [0.15, 0.2) is 21.3 Å². The van der Waals surface area contributed by atoms with Gasteiger partial charge in [0, 0.05) is 6.07 Å². The highest BCUT2D eigenvalue weighted by Gasteiger charge is 1.99. The number of carbonyl (C=O) groups is 1. The van der Waals surface area contributed by atoms with E-state index in [4.69, 9.17) is 4.42 Å². The normalized spacial score (nSPS) is 9.18. The van der Waals surface area contributed by atoms with E-state index in [0.29, 0.717) is 6.29 Å². The van der Waals surface area contributed by atoms with E-state index in [1.165, 1.54) is 7.11 Å². The monoisotopic (exact) mass is 154 g/mol. The molecule has 0 radical (unpaired) electrons. The number of carbonyl (C=O) groups excluding carboxylic acids is 1. The summed E-state index contributed by atoms with van der Waals surface area (Å²) in [6.07, 6.45) is 0.448. The average Bonchev–Trinajstić information content (AvgIpc) is 2.03. The predicted molar refractivity (Wildman–Crippen MR) is 36.9 cm³/mol. The highest BCUT2D eigenvalue weighted by Crippen LogP contribution is 2.06. The molecule has 4 heteroatoms. The molecule has 0 bridgehead atoms. The molecule has 1 rings (SSSR count). The maximum Gasteiger partial charge on any atom is 0.288 e. The van der Waals surface area contributed by atoms with E-state index in [9.17, 15) is 9.59 Å². The molecule has 0 aliphatic rings. The molecule has 0 aromatic carbocycles. The van der Waals surface area contributed by atoms with Gasteiger partial charge in [0.2, 0.25) is 0 Å². The van der Waals surface area contributed by atoms with Crippen LogP contribution in [0.3, 0.4) is 0 Å². The molecule has 0 saturated heterocycles. The van der Waals surface area contributed by atoms with Crippen LogP contribution in [-0.2, 0) is 0 Å². The molecular weight excluding hydrogens is 148 g/mol. The fourth-order valence-electron chi connectivity index (χ4n) is 0.632. The first-order valence-corrected chi connectivity index (χ1v) is 2.90. The summed E-state index contributed by atoms with van der Waals surface area (Å²) in [6.45, 7) is 0. The highest BCUT2D eigenvalue weighted by atomic mass is 16.6. The van der Waals surface area contributed by atoms with Gasteiger partial charge in [-0.25, -0.2) is 0 Å². The number of methoxy groups -OCH3 is 1. The van der Waals surface area contributed by atoms with Gasteiger partial charge in [-0.15, -0.1) is 0 Å². The minimum atomic E-state index is -0.310. The lowest BCUT2D eigenvalue weighted by Gasteiger charge is -1.96. The van der Waals surface area contributed by atoms with Gasteiger partial charge in [0.05, 0.1) is 13.2 Å². The number of hydrogen-bond acceptors (Lipinski definition) is 4. The number of aldehydes is 1. The third-order valence-corrected chi connectivity index (χ3v) is 1.08. The summed E-state index contributed by atoms with van der Waals surface area (Å²) < 4.78 is 9.38. The van der Waals surface area contributed by atoms with Crippen molar-refractivity contribution in [1.82, 2.24) is 0 Å². The topological polar surface area (TPSA) is 56.5 Å². The van der Waals surface area contributed by atoms with Crippen molar-refractivity contribution >= 4 is 6.29 Å². The van der Waals surface area contributed by atoms with E-state index in [-0.39, 0.29) is 17.1 Å². The van der Waals surface area contributed by atoms with Crippen molar-refractivity contribution in [3.63, 3.8) is 0 Å². The molecule has 0 atom stereocenters. The van der Waals surface area contributed by atoms with Gasteiger partial charge >= 0.3 is 0 Å². The van der Waals surface area contributed by atoms with Gasteiger partial charge in [-0.3, -0.25) is 9.59 Å². The summed E-state index contributed by atoms with van der Waals surface area (Å²) in [5, 5.41) is 0. The molecule has 11 heavy (non-hydrogen) atoms. The fourth-order valence-corrected chi connectivity index (χ4v) is 0.632. The zero-order chi connectivity index (χ0) is 8.27. The summed E-state index contributed by atoms with van der Waals surface area (Å²) in [4.78, 5) is 20.9. The van der Waals surface area contributed by atoms with Crippen LogP contribution in [0.4, 0.5) is 0 Å². The van der Waals surface area contributed by atoms with Crippen molar-refractivity contribution in [3.8, 4) is 5.95 Å². The Kier molecular flexibility index (Phi) is 2.06. The predicted octanol–water partition coefficient (Wildman–Crippen LogP) is 0.461. The van der Waals surface area contributed by atoms with E-state index in [2.05, 4.69) is 4.74 Å². The Bertz CT molecular complexity index is 312. The van der Waals surface area contributed by atoms with Crippen LogP contribution in [0, 0.1) is 0 Å². The maximum absolute atomic E-state index is 10.7. The van der Waals surface area contributed by atoms with Gasteiger partial charge in [-0.1, -0.05) is 0 Å². The van der Waals surface area contributed by atoms with Gasteiger partial charge < -0.3 is 9.15 Å². The molecule has 1 aromatic heterocycles. The van der Waals surface area contributed by atoms with E-state index in [1.54, 1.807) is 0 Å². The zero-order valence-electron chi connectivity index (χ0n) is 5.87. The lowest BCUT2D eigenvalue weighted by Crippen LogP contribution is -2.00. The Morgan fingerprint density at radius 1 is 1.55 bits per heavy atom. The number of hydrogen-bond donors (Lipinski definition) is 0. The van der Waals surface area contributed by atoms with Crippen molar-refractivity contribution in [3.05, 3.63) is 28.1 Å². The Morgan fingerprint density at radius 3 is 2.82 bits per heavy atom. The molecule has 0 fully saturated rings. The first kappa shape index (κ1) is 7.53. The first-order valence-electron chi connectivity index (χ1n) is 2.90. The van der Waals surface area contributed by atoms with Crippen LogP contribution in [-0.4, -0.2) is 13.4 Å². The van der Waals surface area contributed by atoms with Crippen molar-refractivity contribution in [2.24, 2.45) is 0 Å². The summed E-state index contributed by atoms with van der Waals surface area (Å²) >= 11 is 0. The Hall–Kier alpha value is -1.58. The van der Waals surface area contributed by atoms with Gasteiger partial charge in [0.15, 0.2) is 17.5 Å². The molecule has 0 amide bonds. The van der Waals surface area contributed by atoms with Crippen LogP contribution in [0.1, 0.15) is 10.6 Å². The van der Waals surface area contributed by atoms with Gasteiger partial charge in [-0.2, -0.15) is 0 Å². The Morgan fingerprint density at radius 2 is 2.27 bits per heavy atom. The minimum Gasteiger partial charge on any atom is -0.468 e. The van der Waals surface area contributed by atoms with Gasteiger partial charge in [0.1, 0.15) is 0 Å². The second kappa shape index (κ2) is 3.01. The number of ether oxygens (including phenoxy) is 1. The van der Waals surface area contributed by atoms with Gasteiger partial charge in [-0.05, 0) is 0 Å². The molecule has 0 unspecified atom stereocenters. The molecule has 4 nitrogen and oxygen atoms in total. The third-order valence-electron chi connectivity index (χ3n) is 1.08. The standard InChI is InChI=1S/C7H6O4/c1-10-7-3-5(9)2-6(4-8)11-7/h2-4H,1H3. The Labute approximate surface area is 62.4 Å². The summed E-state index contributed by atoms with van der Waals surface area (Å²) in [5.74, 6) is 0.00829. The van der Waals surface area contributed by atoms with Crippen LogP contribution in [0.25, 0.3) is 0 Å². The maximum atomic E-state index is 10.7. The smallest absolute Gasteiger partial charge is 0.288 e. The molecule has 58 valence electrons. The van der Waals surface area contributed by atoms with Gasteiger partial charge in [0.25, 0.3) is 5.95 Å². The van der Waals surface area contributed by atoms with Crippen LogP contribution >= 0.6 is 0 Å². The van der Waals surface area contributed by atoms with E-state index >= 15 is 0 Å². The van der Waals surface area contributed by atoms with Crippen molar-refractivity contribution in [2.45, 2.75) is 0 Å². The van der Waals surface area contributed by atoms with Crippen LogP contribution < -0.4 is 10.2 Å². The quantitative estimate of drug-likeness (QED) is 0.580. The second-order valence-electron chi connectivity index (χ2n) is 1.84. The lowest BCUT2D eigenvalue weighted by molar-refractivity contribution is 0.109. The molecule has 0 spiro atoms. The zero-order valence-corrected chi connectivity index (χ0v) is 5.87. The third kappa shape index (κ3) is 1.67. The summed E-state index contributed by atoms with van der Waals surface area (Å²) in [6, 6.07) is 2.25. The van der Waals surface area contributed by atoms with Crippen molar-refractivity contribution < 1.29 is 13.9 Å². The molecule has 0 N–H and O–H groups in total. The fraction of sp³-hybridized carbons (Fsp3) is 0.143. The SMILES string of the molecule is COc1cc(=O)cc(C=O)o1. The van der Waals surface area contributed by atoms with Crippen molar-refractivity contribution in [2.75, 3.05) is 7.11 Å². The second-order valence-corrected chi connectivity index (χ2v) is 1.84. The van der Waals surface area contributed by atoms with Crippen LogP contribution in [0.2, 0.25) is 0 Å². The molecule has 0 saturated carbocycles. The van der Waals surface area contributed by atoms with E-state index in [1.807, 2.05) is 0 Å². The lowest BCUT2D eigenvalue weighted by atomic mass is 10.4. The van der Waals surface area contributed by atoms with Crippen molar-refractivity contribution in [1.29, 1.82) is 0 Å². The minimum absolute atomic E-state index is 0.0330. The molecular formula is C7H6O4. The molecule has 0 aliphatic heterocycles. The number of rotatable bonds is 2. The first-order chi connectivity index (χ1) is 5.26. The molecule has 1 aromatic rings. The summed E-state index contributed by atoms with van der Waals surface area (Å²) in [5.41, 5.74) is -0.310. The largest absolute Gasteiger partial charge is 0.468 e. The highest BCUT2D eigenvalue weighted by molar-refractivity contribution is 5.70. The Balaban J connectivity index is 3.22. The van der Waals surface area contributed by atoms with Crippen LogP contribution in [0.5, 0.6) is 5.95 Å². The van der Waals surface area contributed by atoms with E-state index < -0.39 is 0 Å². The van der Waals surface area contributed by atoms with E-state index in [0.717, 1.165) is 12.1 Å².